The van der Waals surface area contributed by atoms with Gasteiger partial charge in [0.05, 0.1) is 13.0 Å². The zero-order chi connectivity index (χ0) is 18.2. The molecule has 3 N–H and O–H groups in total. The molecule has 25 heavy (non-hydrogen) atoms. The fraction of sp³-hybridized carbons (Fsp3) is 0.211. The quantitative estimate of drug-likeness (QED) is 0.754. The van der Waals surface area contributed by atoms with E-state index in [2.05, 4.69) is 16.0 Å². The first-order chi connectivity index (χ1) is 11.9. The fourth-order valence-electron chi connectivity index (χ4n) is 2.31. The number of nitrogens with one attached hydrogen (secondary N) is 3. The molecule has 2 aromatic carbocycles. The Morgan fingerprint density at radius 3 is 2.24 bits per heavy atom. The van der Waals surface area contributed by atoms with Crippen molar-refractivity contribution in [2.45, 2.75) is 20.3 Å². The van der Waals surface area contributed by atoms with E-state index in [1.54, 1.807) is 24.3 Å². The Kier molecular flexibility index (Phi) is 6.28. The van der Waals surface area contributed by atoms with E-state index in [9.17, 15) is 14.4 Å². The third-order valence-electron chi connectivity index (χ3n) is 3.53. The Labute approximate surface area is 146 Å². The molecule has 0 spiro atoms. The average molecular weight is 339 g/mol. The van der Waals surface area contributed by atoms with E-state index >= 15 is 0 Å². The van der Waals surface area contributed by atoms with Crippen LogP contribution in [0.2, 0.25) is 0 Å². The number of hydrogen-bond donors (Lipinski definition) is 3. The summed E-state index contributed by atoms with van der Waals surface area (Å²) in [4.78, 5) is 35.0. The molecule has 130 valence electrons. The summed E-state index contributed by atoms with van der Waals surface area (Å²) in [6.07, 6.45) is 0.234. The van der Waals surface area contributed by atoms with Crippen molar-refractivity contribution in [2.24, 2.45) is 0 Å². The third-order valence-corrected chi connectivity index (χ3v) is 3.53. The first kappa shape index (κ1) is 18.2. The van der Waals surface area contributed by atoms with Crippen LogP contribution in [0, 0.1) is 6.92 Å². The van der Waals surface area contributed by atoms with Crippen molar-refractivity contribution in [2.75, 3.05) is 17.2 Å². The van der Waals surface area contributed by atoms with Gasteiger partial charge in [-0.3, -0.25) is 14.4 Å². The average Bonchev–Trinajstić information content (AvgIpc) is 2.55. The van der Waals surface area contributed by atoms with Crippen molar-refractivity contribution in [3.63, 3.8) is 0 Å². The number of carbonyl (C=O) groups is 3. The lowest BCUT2D eigenvalue weighted by Gasteiger charge is -2.09. The van der Waals surface area contributed by atoms with Gasteiger partial charge in [-0.15, -0.1) is 0 Å². The molecule has 0 aliphatic heterocycles. The lowest BCUT2D eigenvalue weighted by molar-refractivity contribution is -0.123. The predicted octanol–water partition coefficient (Wildman–Crippen LogP) is 2.25. The maximum absolute atomic E-state index is 12.0. The van der Waals surface area contributed by atoms with Crippen LogP contribution in [0.25, 0.3) is 0 Å². The normalized spacial score (nSPS) is 10.0. The van der Waals surface area contributed by atoms with Gasteiger partial charge in [0.25, 0.3) is 0 Å². The topological polar surface area (TPSA) is 87.3 Å². The fourth-order valence-corrected chi connectivity index (χ4v) is 2.31. The molecule has 0 radical (unpaired) electrons. The molecular formula is C19H21N3O3. The first-order valence-corrected chi connectivity index (χ1v) is 7.93. The Balaban J connectivity index is 1.83. The zero-order valence-corrected chi connectivity index (χ0v) is 14.3. The van der Waals surface area contributed by atoms with Gasteiger partial charge >= 0.3 is 0 Å². The minimum Gasteiger partial charge on any atom is -0.347 e. The van der Waals surface area contributed by atoms with E-state index in [4.69, 9.17) is 0 Å². The van der Waals surface area contributed by atoms with Crippen molar-refractivity contribution in [1.29, 1.82) is 0 Å². The van der Waals surface area contributed by atoms with Crippen molar-refractivity contribution >= 4 is 29.1 Å². The third kappa shape index (κ3) is 6.10. The summed E-state index contributed by atoms with van der Waals surface area (Å²) in [5.74, 6) is -0.735. The van der Waals surface area contributed by atoms with Crippen LogP contribution in [-0.4, -0.2) is 24.3 Å². The van der Waals surface area contributed by atoms with Gasteiger partial charge in [0.1, 0.15) is 0 Å². The second-order valence-electron chi connectivity index (χ2n) is 5.69. The van der Waals surface area contributed by atoms with Crippen LogP contribution in [0.15, 0.2) is 48.5 Å². The summed E-state index contributed by atoms with van der Waals surface area (Å²) >= 11 is 0. The van der Waals surface area contributed by atoms with Gasteiger partial charge in [0.2, 0.25) is 17.7 Å². The van der Waals surface area contributed by atoms with Gasteiger partial charge in [-0.25, -0.2) is 0 Å². The molecule has 0 unspecified atom stereocenters. The maximum atomic E-state index is 12.0. The Morgan fingerprint density at radius 1 is 0.880 bits per heavy atom. The lowest BCUT2D eigenvalue weighted by Crippen LogP contribution is -2.33. The summed E-state index contributed by atoms with van der Waals surface area (Å²) in [6.45, 7) is 3.24. The lowest BCUT2D eigenvalue weighted by atomic mass is 10.1. The van der Waals surface area contributed by atoms with E-state index in [0.29, 0.717) is 11.4 Å². The van der Waals surface area contributed by atoms with Crippen molar-refractivity contribution < 1.29 is 14.4 Å². The van der Waals surface area contributed by atoms with E-state index in [1.807, 2.05) is 31.2 Å². The molecule has 0 saturated heterocycles. The number of anilines is 2. The van der Waals surface area contributed by atoms with E-state index in [0.717, 1.165) is 11.1 Å². The molecule has 6 heteroatoms. The second kappa shape index (κ2) is 8.63. The number of benzene rings is 2. The predicted molar refractivity (Wildman–Crippen MR) is 97.3 cm³/mol. The SMILES string of the molecule is CC(=O)Nc1cccc(NC(=O)CNC(=O)Cc2ccccc2C)c1. The van der Waals surface area contributed by atoms with Crippen LogP contribution >= 0.6 is 0 Å². The Hall–Kier alpha value is -3.15. The molecular weight excluding hydrogens is 318 g/mol. The molecule has 2 rings (SSSR count). The minimum absolute atomic E-state index is 0.116. The van der Waals surface area contributed by atoms with E-state index < -0.39 is 0 Å². The molecule has 0 aromatic heterocycles. The number of carbonyl (C=O) groups excluding carboxylic acids is 3. The summed E-state index contributed by atoms with van der Waals surface area (Å²) in [5, 5.41) is 7.93. The summed E-state index contributed by atoms with van der Waals surface area (Å²) < 4.78 is 0. The van der Waals surface area contributed by atoms with Gasteiger partial charge in [-0.2, -0.15) is 0 Å². The van der Waals surface area contributed by atoms with Gasteiger partial charge in [-0.1, -0.05) is 30.3 Å². The molecule has 0 bridgehead atoms. The number of hydrogen-bond acceptors (Lipinski definition) is 3. The number of rotatable bonds is 6. The number of aryl methyl sites for hydroxylation is 1. The smallest absolute Gasteiger partial charge is 0.243 e. The van der Waals surface area contributed by atoms with Gasteiger partial charge in [0.15, 0.2) is 0 Å². The highest BCUT2D eigenvalue weighted by atomic mass is 16.2. The molecule has 0 aliphatic carbocycles. The number of amides is 3. The summed E-state index contributed by atoms with van der Waals surface area (Å²) in [5.41, 5.74) is 3.11. The molecule has 0 atom stereocenters. The maximum Gasteiger partial charge on any atom is 0.243 e. The largest absolute Gasteiger partial charge is 0.347 e. The highest BCUT2D eigenvalue weighted by Crippen LogP contribution is 2.14. The molecule has 0 saturated carbocycles. The van der Waals surface area contributed by atoms with Crippen LogP contribution in [0.3, 0.4) is 0 Å². The second-order valence-corrected chi connectivity index (χ2v) is 5.69. The Morgan fingerprint density at radius 2 is 1.56 bits per heavy atom. The molecule has 6 nitrogen and oxygen atoms in total. The van der Waals surface area contributed by atoms with Gasteiger partial charge < -0.3 is 16.0 Å². The van der Waals surface area contributed by atoms with Crippen molar-refractivity contribution in [3.8, 4) is 0 Å². The summed E-state index contributed by atoms with van der Waals surface area (Å²) in [7, 11) is 0. The first-order valence-electron chi connectivity index (χ1n) is 7.93. The van der Waals surface area contributed by atoms with Gasteiger partial charge in [-0.05, 0) is 36.2 Å². The van der Waals surface area contributed by atoms with Crippen LogP contribution in [0.1, 0.15) is 18.1 Å². The molecule has 0 heterocycles. The van der Waals surface area contributed by atoms with Crippen LogP contribution in [0.5, 0.6) is 0 Å². The van der Waals surface area contributed by atoms with Gasteiger partial charge in [0, 0.05) is 18.3 Å². The minimum atomic E-state index is -0.335. The molecule has 3 amide bonds. The highest BCUT2D eigenvalue weighted by molar-refractivity contribution is 5.96. The summed E-state index contributed by atoms with van der Waals surface area (Å²) in [6, 6.07) is 14.4. The highest BCUT2D eigenvalue weighted by Gasteiger charge is 2.08. The molecule has 0 aliphatic rings. The van der Waals surface area contributed by atoms with E-state index in [-0.39, 0.29) is 30.7 Å². The Bertz CT molecular complexity index is 787. The molecule has 2 aromatic rings. The van der Waals surface area contributed by atoms with E-state index in [1.165, 1.54) is 6.92 Å². The molecule has 0 fully saturated rings. The monoisotopic (exact) mass is 339 g/mol. The van der Waals surface area contributed by atoms with Crippen molar-refractivity contribution in [3.05, 3.63) is 59.7 Å². The van der Waals surface area contributed by atoms with Crippen LogP contribution in [-0.2, 0) is 20.8 Å². The standard InChI is InChI=1S/C19H21N3O3/c1-13-6-3-4-7-15(13)10-18(24)20-12-19(25)22-17-9-5-8-16(11-17)21-14(2)23/h3-9,11H,10,12H2,1-2H3,(H,20,24)(H,21,23)(H,22,25). The van der Waals surface area contributed by atoms with Crippen LogP contribution in [0.4, 0.5) is 11.4 Å². The van der Waals surface area contributed by atoms with Crippen LogP contribution < -0.4 is 16.0 Å². The zero-order valence-electron chi connectivity index (χ0n) is 14.3. The van der Waals surface area contributed by atoms with Crippen molar-refractivity contribution in [1.82, 2.24) is 5.32 Å².